The normalized spacial score (nSPS) is 11.2. The van der Waals surface area contributed by atoms with Crippen LogP contribution in [0.2, 0.25) is 0 Å². The van der Waals surface area contributed by atoms with Crippen LogP contribution in [-0.4, -0.2) is 35.0 Å². The van der Waals surface area contributed by atoms with Crippen molar-refractivity contribution in [1.82, 2.24) is 9.88 Å². The van der Waals surface area contributed by atoms with E-state index in [1.165, 1.54) is 0 Å². The van der Waals surface area contributed by atoms with Crippen LogP contribution in [0.3, 0.4) is 0 Å². The van der Waals surface area contributed by atoms with Crippen LogP contribution in [-0.2, 0) is 0 Å². The van der Waals surface area contributed by atoms with Crippen LogP contribution in [0.15, 0.2) is 54.7 Å². The first-order valence-electron chi connectivity index (χ1n) is 9.29. The summed E-state index contributed by atoms with van der Waals surface area (Å²) in [5.41, 5.74) is 3.39. The van der Waals surface area contributed by atoms with Crippen molar-refractivity contribution in [3.05, 3.63) is 60.3 Å². The number of carbonyl (C=O) groups is 1. The molecule has 1 heterocycles. The standard InChI is InChI=1S/C23H26N2O2/c1-15(2)25(16(3)4)23(26)20-10-7-6-9-17(20)18-12-13-21(27-5)22-19(18)11-8-14-24-22/h6-16H,1-5H3. The molecule has 0 fully saturated rings. The molecular formula is C23H26N2O2. The maximum Gasteiger partial charge on any atom is 0.254 e. The quantitative estimate of drug-likeness (QED) is 0.629. The van der Waals surface area contributed by atoms with E-state index in [9.17, 15) is 4.79 Å². The van der Waals surface area contributed by atoms with Gasteiger partial charge in [-0.3, -0.25) is 9.78 Å². The number of pyridine rings is 1. The first-order valence-corrected chi connectivity index (χ1v) is 9.29. The highest BCUT2D eigenvalue weighted by molar-refractivity contribution is 6.06. The lowest BCUT2D eigenvalue weighted by Gasteiger charge is -2.31. The molecule has 4 nitrogen and oxygen atoms in total. The predicted molar refractivity (Wildman–Crippen MR) is 110 cm³/mol. The number of hydrogen-bond acceptors (Lipinski definition) is 3. The number of hydrogen-bond donors (Lipinski definition) is 0. The molecule has 0 aliphatic heterocycles. The van der Waals surface area contributed by atoms with Crippen molar-refractivity contribution in [2.75, 3.05) is 7.11 Å². The van der Waals surface area contributed by atoms with Gasteiger partial charge in [-0.25, -0.2) is 0 Å². The van der Waals surface area contributed by atoms with Gasteiger partial charge in [0.15, 0.2) is 0 Å². The molecule has 3 rings (SSSR count). The number of benzene rings is 2. The second-order valence-corrected chi connectivity index (χ2v) is 7.16. The Balaban J connectivity index is 2.21. The fourth-order valence-electron chi connectivity index (χ4n) is 3.66. The molecule has 1 aromatic heterocycles. The van der Waals surface area contributed by atoms with Crippen LogP contribution < -0.4 is 4.74 Å². The number of methoxy groups -OCH3 is 1. The summed E-state index contributed by atoms with van der Waals surface area (Å²) in [4.78, 5) is 19.8. The summed E-state index contributed by atoms with van der Waals surface area (Å²) in [7, 11) is 1.64. The van der Waals surface area contributed by atoms with Gasteiger partial charge in [0, 0.05) is 29.2 Å². The molecule has 140 valence electrons. The van der Waals surface area contributed by atoms with Crippen LogP contribution in [0.4, 0.5) is 0 Å². The van der Waals surface area contributed by atoms with Gasteiger partial charge in [-0.15, -0.1) is 0 Å². The minimum absolute atomic E-state index is 0.0449. The second-order valence-electron chi connectivity index (χ2n) is 7.16. The fourth-order valence-corrected chi connectivity index (χ4v) is 3.66. The number of amides is 1. The van der Waals surface area contributed by atoms with Crippen molar-refractivity contribution >= 4 is 16.8 Å². The molecule has 0 radical (unpaired) electrons. The summed E-state index contributed by atoms with van der Waals surface area (Å²) in [6.07, 6.45) is 1.75. The third-order valence-electron chi connectivity index (χ3n) is 4.75. The molecular weight excluding hydrogens is 336 g/mol. The molecule has 0 aliphatic rings. The van der Waals surface area contributed by atoms with E-state index in [0.717, 1.165) is 27.8 Å². The number of nitrogens with zero attached hydrogens (tertiary/aromatic N) is 2. The Morgan fingerprint density at radius 3 is 2.30 bits per heavy atom. The summed E-state index contributed by atoms with van der Waals surface area (Å²) < 4.78 is 5.46. The molecule has 1 amide bonds. The van der Waals surface area contributed by atoms with Gasteiger partial charge in [0.05, 0.1) is 7.11 Å². The average molecular weight is 362 g/mol. The maximum atomic E-state index is 13.4. The van der Waals surface area contributed by atoms with Gasteiger partial charge < -0.3 is 9.64 Å². The van der Waals surface area contributed by atoms with E-state index >= 15 is 0 Å². The number of fused-ring (bicyclic) bond motifs is 1. The van der Waals surface area contributed by atoms with E-state index < -0.39 is 0 Å². The zero-order chi connectivity index (χ0) is 19.6. The van der Waals surface area contributed by atoms with E-state index in [2.05, 4.69) is 4.98 Å². The average Bonchev–Trinajstić information content (AvgIpc) is 2.66. The van der Waals surface area contributed by atoms with Gasteiger partial charge in [-0.2, -0.15) is 0 Å². The molecule has 0 saturated heterocycles. The second kappa shape index (κ2) is 7.78. The SMILES string of the molecule is COc1ccc(-c2ccccc2C(=O)N(C(C)C)C(C)C)c2cccnc12. The molecule has 3 aromatic rings. The summed E-state index contributed by atoms with van der Waals surface area (Å²) in [5.74, 6) is 0.771. The number of carbonyl (C=O) groups excluding carboxylic acids is 1. The van der Waals surface area contributed by atoms with Crippen molar-refractivity contribution in [2.45, 2.75) is 39.8 Å². The van der Waals surface area contributed by atoms with Gasteiger partial charge in [0.1, 0.15) is 11.3 Å². The first-order chi connectivity index (χ1) is 13.0. The fraction of sp³-hybridized carbons (Fsp3) is 0.304. The van der Waals surface area contributed by atoms with Crippen molar-refractivity contribution < 1.29 is 9.53 Å². The molecule has 2 aromatic carbocycles. The van der Waals surface area contributed by atoms with Crippen LogP contribution in [0.5, 0.6) is 5.75 Å². The molecule has 0 aliphatic carbocycles. The van der Waals surface area contributed by atoms with E-state index in [-0.39, 0.29) is 18.0 Å². The van der Waals surface area contributed by atoms with Gasteiger partial charge in [0.2, 0.25) is 0 Å². The molecule has 0 spiro atoms. The molecule has 27 heavy (non-hydrogen) atoms. The Hall–Kier alpha value is -2.88. The Morgan fingerprint density at radius 2 is 1.63 bits per heavy atom. The van der Waals surface area contributed by atoms with Crippen molar-refractivity contribution in [3.8, 4) is 16.9 Å². The molecule has 0 unspecified atom stereocenters. The summed E-state index contributed by atoms with van der Waals surface area (Å²) in [5, 5.41) is 0.970. The molecule has 0 N–H and O–H groups in total. The lowest BCUT2D eigenvalue weighted by Crippen LogP contribution is -2.42. The zero-order valence-corrected chi connectivity index (χ0v) is 16.6. The summed E-state index contributed by atoms with van der Waals surface area (Å²) in [6.45, 7) is 8.20. The minimum Gasteiger partial charge on any atom is -0.494 e. The lowest BCUT2D eigenvalue weighted by molar-refractivity contribution is 0.0644. The van der Waals surface area contributed by atoms with E-state index in [0.29, 0.717) is 5.56 Å². The highest BCUT2D eigenvalue weighted by Crippen LogP contribution is 2.35. The predicted octanol–water partition coefficient (Wildman–Crippen LogP) is 5.17. The van der Waals surface area contributed by atoms with Crippen molar-refractivity contribution in [3.63, 3.8) is 0 Å². The Bertz CT molecular complexity index is 956. The third-order valence-corrected chi connectivity index (χ3v) is 4.75. The monoisotopic (exact) mass is 362 g/mol. The van der Waals surface area contributed by atoms with Crippen LogP contribution in [0.1, 0.15) is 38.1 Å². The smallest absolute Gasteiger partial charge is 0.254 e. The largest absolute Gasteiger partial charge is 0.494 e. The van der Waals surface area contributed by atoms with Crippen molar-refractivity contribution in [1.29, 1.82) is 0 Å². The molecule has 0 atom stereocenters. The number of ether oxygens (including phenoxy) is 1. The Kier molecular flexibility index (Phi) is 5.45. The maximum absolute atomic E-state index is 13.4. The number of aromatic nitrogens is 1. The Morgan fingerprint density at radius 1 is 0.926 bits per heavy atom. The van der Waals surface area contributed by atoms with Crippen molar-refractivity contribution in [2.24, 2.45) is 0 Å². The summed E-state index contributed by atoms with van der Waals surface area (Å²) >= 11 is 0. The minimum atomic E-state index is 0.0449. The van der Waals surface area contributed by atoms with Gasteiger partial charge >= 0.3 is 0 Å². The van der Waals surface area contributed by atoms with Gasteiger partial charge in [-0.1, -0.05) is 24.3 Å². The van der Waals surface area contributed by atoms with Crippen LogP contribution in [0.25, 0.3) is 22.0 Å². The van der Waals surface area contributed by atoms with Crippen LogP contribution >= 0.6 is 0 Å². The topological polar surface area (TPSA) is 42.4 Å². The number of rotatable bonds is 5. The molecule has 4 heteroatoms. The highest BCUT2D eigenvalue weighted by Gasteiger charge is 2.24. The van der Waals surface area contributed by atoms with E-state index in [1.807, 2.05) is 81.1 Å². The first kappa shape index (κ1) is 18.9. The molecule has 0 bridgehead atoms. The van der Waals surface area contributed by atoms with E-state index in [4.69, 9.17) is 4.74 Å². The van der Waals surface area contributed by atoms with E-state index in [1.54, 1.807) is 13.3 Å². The Labute approximate surface area is 160 Å². The van der Waals surface area contributed by atoms with Crippen LogP contribution in [0, 0.1) is 0 Å². The molecule has 0 saturated carbocycles. The van der Waals surface area contributed by atoms with Gasteiger partial charge in [0.25, 0.3) is 5.91 Å². The van der Waals surface area contributed by atoms with Gasteiger partial charge in [-0.05, 0) is 63.1 Å². The highest BCUT2D eigenvalue weighted by atomic mass is 16.5. The zero-order valence-electron chi connectivity index (χ0n) is 16.6. The summed E-state index contributed by atoms with van der Waals surface area (Å²) in [6, 6.07) is 15.9. The third kappa shape index (κ3) is 3.52. The lowest BCUT2D eigenvalue weighted by atomic mass is 9.94.